The van der Waals surface area contributed by atoms with Gasteiger partial charge < -0.3 is 15.7 Å². The van der Waals surface area contributed by atoms with E-state index in [-0.39, 0.29) is 17.6 Å². The standard InChI is InChI=1S/C37H39N5O3/c1-37(2,3)28-15-17-29(18-16-28)42-34(23-33(40-42)27-7-6-8-30(22-27)41(4)5)25-11-13-26(14-12-25)35(44)39-36(45)32(38)21-24-9-19-31(43)20-10-24/h6-20,22-23,32,43H,21,38H2,1-5H3,(H,39,44,45). The Morgan fingerprint density at radius 2 is 1.56 bits per heavy atom. The molecule has 0 saturated heterocycles. The molecule has 0 radical (unpaired) electrons. The minimum atomic E-state index is -0.916. The Morgan fingerprint density at radius 3 is 2.18 bits per heavy atom. The number of phenols is 1. The van der Waals surface area contributed by atoms with E-state index in [1.165, 1.54) is 17.7 Å². The molecule has 1 atom stereocenters. The zero-order chi connectivity index (χ0) is 32.3. The van der Waals surface area contributed by atoms with Gasteiger partial charge in [0.25, 0.3) is 5.91 Å². The maximum Gasteiger partial charge on any atom is 0.257 e. The number of hydrogen-bond donors (Lipinski definition) is 3. The lowest BCUT2D eigenvalue weighted by Gasteiger charge is -2.19. The number of rotatable bonds is 8. The molecule has 8 nitrogen and oxygen atoms in total. The molecule has 4 N–H and O–H groups in total. The number of aromatic nitrogens is 2. The maximum absolute atomic E-state index is 12.9. The molecule has 2 amide bonds. The highest BCUT2D eigenvalue weighted by Crippen LogP contribution is 2.31. The lowest BCUT2D eigenvalue weighted by molar-refractivity contribution is -0.121. The average Bonchev–Trinajstić information content (AvgIpc) is 3.47. The fourth-order valence-corrected chi connectivity index (χ4v) is 5.02. The smallest absolute Gasteiger partial charge is 0.257 e. The van der Waals surface area contributed by atoms with E-state index >= 15 is 0 Å². The molecule has 0 spiro atoms. The Labute approximate surface area is 264 Å². The molecule has 0 aliphatic heterocycles. The van der Waals surface area contributed by atoms with Gasteiger partial charge in [-0.2, -0.15) is 5.10 Å². The van der Waals surface area contributed by atoms with Crippen LogP contribution in [0.25, 0.3) is 28.2 Å². The van der Waals surface area contributed by atoms with E-state index in [4.69, 9.17) is 10.8 Å². The molecule has 4 aromatic carbocycles. The Morgan fingerprint density at radius 1 is 0.889 bits per heavy atom. The van der Waals surface area contributed by atoms with Crippen molar-refractivity contribution in [2.45, 2.75) is 38.6 Å². The largest absolute Gasteiger partial charge is 0.508 e. The third-order valence-electron chi connectivity index (χ3n) is 7.75. The molecule has 45 heavy (non-hydrogen) atoms. The molecule has 230 valence electrons. The average molecular weight is 602 g/mol. The van der Waals surface area contributed by atoms with Crippen LogP contribution in [0.3, 0.4) is 0 Å². The summed E-state index contributed by atoms with van der Waals surface area (Å²) in [5, 5.41) is 16.9. The van der Waals surface area contributed by atoms with Crippen LogP contribution >= 0.6 is 0 Å². The minimum absolute atomic E-state index is 0.0243. The van der Waals surface area contributed by atoms with Crippen LogP contribution in [-0.2, 0) is 16.6 Å². The third-order valence-corrected chi connectivity index (χ3v) is 7.75. The Balaban J connectivity index is 1.41. The molecule has 0 bridgehead atoms. The van der Waals surface area contributed by atoms with Gasteiger partial charge in [-0.3, -0.25) is 14.9 Å². The Hall–Kier alpha value is -5.21. The minimum Gasteiger partial charge on any atom is -0.508 e. The van der Waals surface area contributed by atoms with Gasteiger partial charge in [0.1, 0.15) is 5.75 Å². The van der Waals surface area contributed by atoms with Crippen molar-refractivity contribution in [2.75, 3.05) is 19.0 Å². The van der Waals surface area contributed by atoms with E-state index in [2.05, 4.69) is 67.4 Å². The summed E-state index contributed by atoms with van der Waals surface area (Å²) in [5.41, 5.74) is 14.0. The third kappa shape index (κ3) is 7.30. The van der Waals surface area contributed by atoms with E-state index in [9.17, 15) is 14.7 Å². The van der Waals surface area contributed by atoms with Crippen LogP contribution in [0.1, 0.15) is 42.3 Å². The van der Waals surface area contributed by atoms with Crippen molar-refractivity contribution in [3.63, 3.8) is 0 Å². The molecule has 0 aliphatic rings. The number of amides is 2. The van der Waals surface area contributed by atoms with E-state index in [1.807, 2.05) is 49.1 Å². The van der Waals surface area contributed by atoms with Crippen molar-refractivity contribution in [3.05, 3.63) is 120 Å². The highest BCUT2D eigenvalue weighted by atomic mass is 16.3. The predicted molar refractivity (Wildman–Crippen MR) is 180 cm³/mol. The number of nitrogens with one attached hydrogen (secondary N) is 1. The first-order valence-corrected chi connectivity index (χ1v) is 14.9. The molecular formula is C37H39N5O3. The van der Waals surface area contributed by atoms with Crippen LogP contribution in [0, 0.1) is 0 Å². The highest BCUT2D eigenvalue weighted by Gasteiger charge is 2.20. The van der Waals surface area contributed by atoms with Crippen LogP contribution in [-0.4, -0.2) is 46.8 Å². The summed E-state index contributed by atoms with van der Waals surface area (Å²) in [6.07, 6.45) is 0.235. The van der Waals surface area contributed by atoms with E-state index < -0.39 is 17.9 Å². The van der Waals surface area contributed by atoms with E-state index in [0.717, 1.165) is 39.5 Å². The van der Waals surface area contributed by atoms with Crippen LogP contribution in [0.5, 0.6) is 5.75 Å². The first-order chi connectivity index (χ1) is 21.4. The lowest BCUT2D eigenvalue weighted by atomic mass is 9.87. The molecule has 0 fully saturated rings. The highest BCUT2D eigenvalue weighted by molar-refractivity contribution is 6.06. The summed E-state index contributed by atoms with van der Waals surface area (Å²) >= 11 is 0. The number of hydrogen-bond acceptors (Lipinski definition) is 6. The number of nitrogens with zero attached hydrogens (tertiary/aromatic N) is 3. The van der Waals surface area contributed by atoms with Crippen molar-refractivity contribution in [3.8, 4) is 34.0 Å². The molecule has 5 rings (SSSR count). The number of imide groups is 1. The molecule has 0 aliphatic carbocycles. The summed E-state index contributed by atoms with van der Waals surface area (Å²) in [7, 11) is 4.02. The van der Waals surface area contributed by atoms with Gasteiger partial charge in [-0.15, -0.1) is 0 Å². The molecule has 0 saturated carbocycles. The van der Waals surface area contributed by atoms with Crippen LogP contribution in [0.4, 0.5) is 5.69 Å². The second-order valence-electron chi connectivity index (χ2n) is 12.4. The van der Waals surface area contributed by atoms with Gasteiger partial charge >= 0.3 is 0 Å². The van der Waals surface area contributed by atoms with Crippen LogP contribution in [0.15, 0.2) is 103 Å². The molecule has 1 heterocycles. The zero-order valence-electron chi connectivity index (χ0n) is 26.3. The fourth-order valence-electron chi connectivity index (χ4n) is 5.02. The first kappa shape index (κ1) is 31.2. The quantitative estimate of drug-likeness (QED) is 0.198. The molecule has 1 aromatic heterocycles. The summed E-state index contributed by atoms with van der Waals surface area (Å²) in [6, 6.07) is 31.3. The monoisotopic (exact) mass is 601 g/mol. The van der Waals surface area contributed by atoms with E-state index in [0.29, 0.717) is 5.56 Å². The zero-order valence-corrected chi connectivity index (χ0v) is 26.3. The first-order valence-electron chi connectivity index (χ1n) is 14.9. The second-order valence-corrected chi connectivity index (χ2v) is 12.4. The van der Waals surface area contributed by atoms with E-state index in [1.54, 1.807) is 24.3 Å². The van der Waals surface area contributed by atoms with Crippen molar-refractivity contribution in [2.24, 2.45) is 5.73 Å². The summed E-state index contributed by atoms with van der Waals surface area (Å²) in [5.74, 6) is -0.967. The SMILES string of the molecule is CN(C)c1cccc(-c2cc(-c3ccc(C(=O)NC(=O)C(N)Cc4ccc(O)cc4)cc3)n(-c3ccc(C(C)(C)C)cc3)n2)c1. The number of aromatic hydroxyl groups is 1. The van der Waals surface area contributed by atoms with Crippen molar-refractivity contribution >= 4 is 17.5 Å². The van der Waals surface area contributed by atoms with Gasteiger partial charge in [0.2, 0.25) is 5.91 Å². The predicted octanol–water partition coefficient (Wildman–Crippen LogP) is 6.10. The normalized spacial score (nSPS) is 12.0. The van der Waals surface area contributed by atoms with Gasteiger partial charge in [0.15, 0.2) is 0 Å². The topological polar surface area (TPSA) is 113 Å². The molecule has 1 unspecified atom stereocenters. The van der Waals surface area contributed by atoms with Crippen molar-refractivity contribution in [1.82, 2.24) is 15.1 Å². The number of benzene rings is 4. The fraction of sp³-hybridized carbons (Fsp3) is 0.216. The van der Waals surface area contributed by atoms with Gasteiger partial charge in [-0.05, 0) is 77.6 Å². The van der Waals surface area contributed by atoms with Gasteiger partial charge in [0.05, 0.1) is 23.1 Å². The van der Waals surface area contributed by atoms with Crippen LogP contribution in [0.2, 0.25) is 0 Å². The van der Waals surface area contributed by atoms with Gasteiger partial charge in [-0.1, -0.05) is 69.3 Å². The summed E-state index contributed by atoms with van der Waals surface area (Å²) in [4.78, 5) is 27.7. The molecular weight excluding hydrogens is 562 g/mol. The Kier molecular flexibility index (Phi) is 8.88. The molecule has 5 aromatic rings. The lowest BCUT2D eigenvalue weighted by Crippen LogP contribution is -2.44. The summed E-state index contributed by atoms with van der Waals surface area (Å²) < 4.78 is 1.92. The molecule has 8 heteroatoms. The number of carbonyl (C=O) groups is 2. The number of carbonyl (C=O) groups excluding carboxylic acids is 2. The van der Waals surface area contributed by atoms with Crippen molar-refractivity contribution < 1.29 is 14.7 Å². The van der Waals surface area contributed by atoms with Crippen LogP contribution < -0.4 is 16.0 Å². The number of nitrogens with two attached hydrogens (primary N) is 1. The summed E-state index contributed by atoms with van der Waals surface area (Å²) in [6.45, 7) is 6.56. The maximum atomic E-state index is 12.9. The number of anilines is 1. The van der Waals surface area contributed by atoms with Gasteiger partial charge in [-0.25, -0.2) is 4.68 Å². The number of phenolic OH excluding ortho intramolecular Hbond substituents is 1. The second kappa shape index (κ2) is 12.8. The van der Waals surface area contributed by atoms with Crippen molar-refractivity contribution in [1.29, 1.82) is 0 Å². The Bertz CT molecular complexity index is 1800. The van der Waals surface area contributed by atoms with Gasteiger partial charge in [0, 0.05) is 36.5 Å².